The van der Waals surface area contributed by atoms with Gasteiger partial charge in [0.25, 0.3) is 0 Å². The first-order valence-electron chi connectivity index (χ1n) is 6.68. The molecule has 2 aliphatic carbocycles. The number of hydrogen-bond acceptors (Lipinski definition) is 0. The van der Waals surface area contributed by atoms with E-state index in [1.54, 1.807) is 5.57 Å². The fraction of sp³-hybridized carbons (Fsp3) is 0.867. The standard InChI is InChI=1S/C15H26/c1-11-6-5-7-12(2)13-10-15(3,4)14(13)9-8-11/h11,13-14H,2,5-10H2,1,3-4H3/t11-,13+,14-/m1/s1. The number of allylic oxidation sites excluding steroid dienone is 1. The van der Waals surface area contributed by atoms with Crippen LogP contribution in [0.5, 0.6) is 0 Å². The lowest BCUT2D eigenvalue weighted by molar-refractivity contribution is 0.000898. The molecule has 0 heterocycles. The molecule has 2 rings (SSSR count). The van der Waals surface area contributed by atoms with Crippen molar-refractivity contribution in [1.82, 2.24) is 0 Å². The largest absolute Gasteiger partial charge is 0.0996 e. The van der Waals surface area contributed by atoms with E-state index in [-0.39, 0.29) is 0 Å². The summed E-state index contributed by atoms with van der Waals surface area (Å²) in [5.41, 5.74) is 2.16. The predicted octanol–water partition coefficient (Wildman–Crippen LogP) is 4.81. The lowest BCUT2D eigenvalue weighted by atomic mass is 9.52. The highest BCUT2D eigenvalue weighted by Crippen LogP contribution is 2.56. The molecule has 0 unspecified atom stereocenters. The van der Waals surface area contributed by atoms with Crippen LogP contribution in [-0.4, -0.2) is 0 Å². The molecule has 0 radical (unpaired) electrons. The number of rotatable bonds is 0. The first-order valence-corrected chi connectivity index (χ1v) is 6.68. The van der Waals surface area contributed by atoms with Gasteiger partial charge in [-0.15, -0.1) is 0 Å². The molecular weight excluding hydrogens is 180 g/mol. The van der Waals surface area contributed by atoms with Crippen LogP contribution in [0.25, 0.3) is 0 Å². The van der Waals surface area contributed by atoms with Gasteiger partial charge in [-0.05, 0) is 48.9 Å². The van der Waals surface area contributed by atoms with Gasteiger partial charge in [0, 0.05) is 0 Å². The van der Waals surface area contributed by atoms with Crippen LogP contribution in [0.2, 0.25) is 0 Å². The predicted molar refractivity (Wildman–Crippen MR) is 66.8 cm³/mol. The maximum absolute atomic E-state index is 4.33. The third-order valence-corrected chi connectivity index (χ3v) is 4.93. The summed E-state index contributed by atoms with van der Waals surface area (Å²) in [5.74, 6) is 2.74. The molecule has 2 saturated carbocycles. The maximum Gasteiger partial charge on any atom is -0.0167 e. The van der Waals surface area contributed by atoms with E-state index in [1.165, 1.54) is 38.5 Å². The Kier molecular flexibility index (Phi) is 2.96. The van der Waals surface area contributed by atoms with Crippen LogP contribution in [0.3, 0.4) is 0 Å². The second-order valence-corrected chi connectivity index (χ2v) is 6.64. The van der Waals surface area contributed by atoms with Gasteiger partial charge in [-0.25, -0.2) is 0 Å². The van der Waals surface area contributed by atoms with E-state index in [0.29, 0.717) is 5.41 Å². The summed E-state index contributed by atoms with van der Waals surface area (Å²) >= 11 is 0. The van der Waals surface area contributed by atoms with Gasteiger partial charge in [-0.3, -0.25) is 0 Å². The van der Waals surface area contributed by atoms with Crippen LogP contribution >= 0.6 is 0 Å². The Morgan fingerprint density at radius 1 is 1.20 bits per heavy atom. The Hall–Kier alpha value is -0.260. The highest BCUT2D eigenvalue weighted by Gasteiger charge is 2.47. The zero-order valence-corrected chi connectivity index (χ0v) is 10.7. The van der Waals surface area contributed by atoms with Gasteiger partial charge in [-0.1, -0.05) is 45.8 Å². The fourth-order valence-electron chi connectivity index (χ4n) is 3.74. The smallest absolute Gasteiger partial charge is 0.0167 e. The molecule has 0 nitrogen and oxygen atoms in total. The summed E-state index contributed by atoms with van der Waals surface area (Å²) in [5, 5.41) is 0. The summed E-state index contributed by atoms with van der Waals surface area (Å²) in [6, 6.07) is 0. The van der Waals surface area contributed by atoms with Crippen LogP contribution in [0.15, 0.2) is 12.2 Å². The average molecular weight is 206 g/mol. The van der Waals surface area contributed by atoms with Gasteiger partial charge in [0.2, 0.25) is 0 Å². The van der Waals surface area contributed by atoms with Crippen molar-refractivity contribution in [3.63, 3.8) is 0 Å². The molecule has 0 saturated heterocycles. The monoisotopic (exact) mass is 206 g/mol. The molecule has 0 aromatic carbocycles. The molecule has 0 bridgehead atoms. The quantitative estimate of drug-likeness (QED) is 0.499. The normalized spacial score (nSPS) is 40.7. The third-order valence-electron chi connectivity index (χ3n) is 4.93. The van der Waals surface area contributed by atoms with E-state index in [1.807, 2.05) is 0 Å². The summed E-state index contributed by atoms with van der Waals surface area (Å²) in [6.45, 7) is 11.7. The highest BCUT2D eigenvalue weighted by atomic mass is 14.5. The molecule has 0 heteroatoms. The Morgan fingerprint density at radius 3 is 2.60 bits per heavy atom. The minimum absolute atomic E-state index is 0.595. The number of hydrogen-bond donors (Lipinski definition) is 0. The zero-order valence-electron chi connectivity index (χ0n) is 10.7. The highest BCUT2D eigenvalue weighted by molar-refractivity contribution is 5.13. The van der Waals surface area contributed by atoms with E-state index in [9.17, 15) is 0 Å². The van der Waals surface area contributed by atoms with Crippen LogP contribution in [0.1, 0.15) is 59.3 Å². The van der Waals surface area contributed by atoms with Crippen molar-refractivity contribution in [3.05, 3.63) is 12.2 Å². The molecule has 15 heavy (non-hydrogen) atoms. The van der Waals surface area contributed by atoms with E-state index in [0.717, 1.165) is 17.8 Å². The second kappa shape index (κ2) is 3.96. The second-order valence-electron chi connectivity index (χ2n) is 6.64. The molecule has 0 aliphatic heterocycles. The van der Waals surface area contributed by atoms with Crippen molar-refractivity contribution in [2.45, 2.75) is 59.3 Å². The molecule has 0 aromatic heterocycles. The van der Waals surface area contributed by atoms with Gasteiger partial charge in [0.1, 0.15) is 0 Å². The van der Waals surface area contributed by atoms with Gasteiger partial charge < -0.3 is 0 Å². The number of fused-ring (bicyclic) bond motifs is 1. The van der Waals surface area contributed by atoms with E-state index in [4.69, 9.17) is 0 Å². The Bertz CT molecular complexity index is 249. The molecule has 86 valence electrons. The van der Waals surface area contributed by atoms with Crippen LogP contribution in [0.4, 0.5) is 0 Å². The SMILES string of the molecule is C=C1CCC[C@@H](C)CC[C@@H]2[C@H]1CC2(C)C. The third kappa shape index (κ3) is 2.14. The minimum Gasteiger partial charge on any atom is -0.0996 e. The van der Waals surface area contributed by atoms with E-state index >= 15 is 0 Å². The fourth-order valence-corrected chi connectivity index (χ4v) is 3.74. The van der Waals surface area contributed by atoms with Crippen LogP contribution in [0, 0.1) is 23.2 Å². The molecule has 2 aliphatic rings. The van der Waals surface area contributed by atoms with E-state index in [2.05, 4.69) is 27.4 Å². The summed E-state index contributed by atoms with van der Waals surface area (Å²) in [7, 11) is 0. The van der Waals surface area contributed by atoms with Gasteiger partial charge in [0.15, 0.2) is 0 Å². The summed E-state index contributed by atoms with van der Waals surface area (Å²) in [4.78, 5) is 0. The molecule has 0 N–H and O–H groups in total. The zero-order chi connectivity index (χ0) is 11.1. The van der Waals surface area contributed by atoms with Crippen molar-refractivity contribution >= 4 is 0 Å². The first-order chi connectivity index (χ1) is 7.00. The van der Waals surface area contributed by atoms with Crippen molar-refractivity contribution in [3.8, 4) is 0 Å². The van der Waals surface area contributed by atoms with Crippen molar-refractivity contribution < 1.29 is 0 Å². The van der Waals surface area contributed by atoms with Crippen molar-refractivity contribution in [2.24, 2.45) is 23.2 Å². The Labute approximate surface area is 95.1 Å². The minimum atomic E-state index is 0.595. The Morgan fingerprint density at radius 2 is 1.93 bits per heavy atom. The van der Waals surface area contributed by atoms with Crippen molar-refractivity contribution in [1.29, 1.82) is 0 Å². The summed E-state index contributed by atoms with van der Waals surface area (Å²) < 4.78 is 0. The van der Waals surface area contributed by atoms with E-state index < -0.39 is 0 Å². The molecule has 3 atom stereocenters. The average Bonchev–Trinajstić information content (AvgIpc) is 2.18. The van der Waals surface area contributed by atoms with Crippen molar-refractivity contribution in [2.75, 3.05) is 0 Å². The molecule has 0 amide bonds. The maximum atomic E-state index is 4.33. The topological polar surface area (TPSA) is 0 Å². The summed E-state index contributed by atoms with van der Waals surface area (Å²) in [6.07, 6.45) is 8.37. The lowest BCUT2D eigenvalue weighted by Gasteiger charge is -2.53. The molecule has 0 aromatic rings. The first kappa shape index (κ1) is 11.2. The Balaban J connectivity index is 2.06. The van der Waals surface area contributed by atoms with Gasteiger partial charge in [0.05, 0.1) is 0 Å². The molecule has 0 spiro atoms. The van der Waals surface area contributed by atoms with Gasteiger partial charge >= 0.3 is 0 Å². The van der Waals surface area contributed by atoms with Gasteiger partial charge in [-0.2, -0.15) is 0 Å². The molecular formula is C15H26. The van der Waals surface area contributed by atoms with Crippen LogP contribution < -0.4 is 0 Å². The van der Waals surface area contributed by atoms with Crippen LogP contribution in [-0.2, 0) is 0 Å². The molecule has 2 fully saturated rings. The lowest BCUT2D eigenvalue weighted by Crippen LogP contribution is -2.44.